The number of carbonyl (C=O) groups excluding carboxylic acids is 2. The van der Waals surface area contributed by atoms with Crippen molar-refractivity contribution in [2.45, 2.75) is 26.2 Å². The Morgan fingerprint density at radius 1 is 0.933 bits per heavy atom. The molecule has 0 radical (unpaired) electrons. The van der Waals surface area contributed by atoms with Gasteiger partial charge in [0.2, 0.25) is 0 Å². The Hall–Kier alpha value is -2.84. The van der Waals surface area contributed by atoms with Gasteiger partial charge in [-0.15, -0.1) is 0 Å². The molecular formula is C21H24ClN3O4S. The van der Waals surface area contributed by atoms with Crippen LogP contribution in [-0.4, -0.2) is 30.1 Å². The van der Waals surface area contributed by atoms with Gasteiger partial charge in [-0.25, -0.2) is 0 Å². The van der Waals surface area contributed by atoms with Crippen LogP contribution in [0.4, 0.5) is 0 Å². The van der Waals surface area contributed by atoms with Gasteiger partial charge in [0.25, 0.3) is 11.8 Å². The third-order valence-electron chi connectivity index (χ3n) is 3.85. The molecule has 0 aromatic heterocycles. The predicted molar refractivity (Wildman–Crippen MR) is 120 cm³/mol. The number of carbonyl (C=O) groups is 2. The summed E-state index contributed by atoms with van der Waals surface area (Å²) in [6.07, 6.45) is 0. The van der Waals surface area contributed by atoms with E-state index in [4.69, 9.17) is 33.3 Å². The van der Waals surface area contributed by atoms with Gasteiger partial charge in [0.1, 0.15) is 11.5 Å². The maximum Gasteiger partial charge on any atom is 0.276 e. The molecule has 0 atom stereocenters. The summed E-state index contributed by atoms with van der Waals surface area (Å²) in [4.78, 5) is 23.7. The van der Waals surface area contributed by atoms with Crippen LogP contribution in [0.5, 0.6) is 11.5 Å². The molecule has 0 saturated carbocycles. The number of thiocarbonyl (C=S) groups is 1. The lowest BCUT2D eigenvalue weighted by Gasteiger charge is -2.19. The van der Waals surface area contributed by atoms with E-state index in [1.165, 1.54) is 5.56 Å². The van der Waals surface area contributed by atoms with E-state index >= 15 is 0 Å². The van der Waals surface area contributed by atoms with Crippen molar-refractivity contribution in [1.82, 2.24) is 16.2 Å². The number of hydrogen-bond acceptors (Lipinski definition) is 5. The van der Waals surface area contributed by atoms with Crippen LogP contribution in [0.3, 0.4) is 0 Å². The van der Waals surface area contributed by atoms with Crippen molar-refractivity contribution in [2.24, 2.45) is 0 Å². The first kappa shape index (κ1) is 23.4. The van der Waals surface area contributed by atoms with Crippen LogP contribution >= 0.6 is 23.8 Å². The molecule has 160 valence electrons. The monoisotopic (exact) mass is 449 g/mol. The van der Waals surface area contributed by atoms with E-state index in [1.54, 1.807) is 24.3 Å². The molecule has 2 aromatic rings. The Kier molecular flexibility index (Phi) is 8.44. The third-order valence-corrected chi connectivity index (χ3v) is 4.37. The van der Waals surface area contributed by atoms with Gasteiger partial charge in [-0.05, 0) is 47.5 Å². The molecule has 2 rings (SSSR count). The standard InChI is InChI=1S/C21H24ClN3O4S/c1-21(2,3)14-8-10-15(11-9-14)28-12-18(26)23-20(30)25-24-19(27)13-29-17-7-5-4-6-16(17)22/h4-11H,12-13H2,1-3H3,(H,24,27)(H2,23,25,26,30). The molecule has 0 fully saturated rings. The van der Waals surface area contributed by atoms with E-state index in [0.717, 1.165) is 0 Å². The lowest BCUT2D eigenvalue weighted by atomic mass is 9.87. The number of nitrogens with one attached hydrogen (secondary N) is 3. The highest BCUT2D eigenvalue weighted by Crippen LogP contribution is 2.24. The van der Waals surface area contributed by atoms with Gasteiger partial charge < -0.3 is 9.47 Å². The molecule has 0 spiro atoms. The molecule has 0 unspecified atom stereocenters. The fourth-order valence-electron chi connectivity index (χ4n) is 2.26. The maximum atomic E-state index is 11.9. The number of halogens is 1. The van der Waals surface area contributed by atoms with E-state index in [-0.39, 0.29) is 23.7 Å². The summed E-state index contributed by atoms with van der Waals surface area (Å²) >= 11 is 10.9. The Balaban J connectivity index is 1.67. The molecule has 0 saturated heterocycles. The second kappa shape index (κ2) is 10.8. The number of benzene rings is 2. The lowest BCUT2D eigenvalue weighted by Crippen LogP contribution is -2.50. The van der Waals surface area contributed by atoms with Crippen molar-refractivity contribution < 1.29 is 19.1 Å². The predicted octanol–water partition coefficient (Wildman–Crippen LogP) is 3.12. The Labute approximate surface area is 186 Å². The summed E-state index contributed by atoms with van der Waals surface area (Å²) in [6, 6.07) is 14.3. The minimum atomic E-state index is -0.498. The van der Waals surface area contributed by atoms with Crippen molar-refractivity contribution in [3.05, 3.63) is 59.1 Å². The average Bonchev–Trinajstić information content (AvgIpc) is 2.70. The summed E-state index contributed by atoms with van der Waals surface area (Å²) in [5.41, 5.74) is 5.94. The van der Waals surface area contributed by atoms with Crippen LogP contribution in [-0.2, 0) is 15.0 Å². The quantitative estimate of drug-likeness (QED) is 0.464. The Bertz CT molecular complexity index is 898. The number of amides is 2. The molecule has 2 amide bonds. The first-order chi connectivity index (χ1) is 14.1. The molecule has 0 bridgehead atoms. The highest BCUT2D eigenvalue weighted by atomic mass is 35.5. The van der Waals surface area contributed by atoms with Crippen molar-refractivity contribution >= 4 is 40.7 Å². The summed E-state index contributed by atoms with van der Waals surface area (Å²) < 4.78 is 10.7. The fraction of sp³-hybridized carbons (Fsp3) is 0.286. The average molecular weight is 450 g/mol. The molecule has 3 N–H and O–H groups in total. The zero-order valence-electron chi connectivity index (χ0n) is 17.0. The van der Waals surface area contributed by atoms with E-state index in [9.17, 15) is 9.59 Å². The van der Waals surface area contributed by atoms with Crippen molar-refractivity contribution in [3.63, 3.8) is 0 Å². The molecule has 9 heteroatoms. The first-order valence-corrected chi connectivity index (χ1v) is 9.93. The highest BCUT2D eigenvalue weighted by Gasteiger charge is 2.13. The maximum absolute atomic E-state index is 11.9. The van der Waals surface area contributed by atoms with Crippen LogP contribution in [0.15, 0.2) is 48.5 Å². The topological polar surface area (TPSA) is 88.7 Å². The minimum absolute atomic E-state index is 0.0383. The van der Waals surface area contributed by atoms with Gasteiger partial charge in [0.05, 0.1) is 5.02 Å². The van der Waals surface area contributed by atoms with E-state index in [0.29, 0.717) is 16.5 Å². The second-order valence-electron chi connectivity index (χ2n) is 7.33. The largest absolute Gasteiger partial charge is 0.484 e. The van der Waals surface area contributed by atoms with Gasteiger partial charge in [-0.2, -0.15) is 0 Å². The summed E-state index contributed by atoms with van der Waals surface area (Å²) in [7, 11) is 0. The minimum Gasteiger partial charge on any atom is -0.484 e. The van der Waals surface area contributed by atoms with Crippen molar-refractivity contribution in [2.75, 3.05) is 13.2 Å². The van der Waals surface area contributed by atoms with Crippen LogP contribution < -0.4 is 25.6 Å². The number of hydrogen-bond donors (Lipinski definition) is 3. The summed E-state index contributed by atoms with van der Waals surface area (Å²) in [5, 5.41) is 2.73. The first-order valence-electron chi connectivity index (χ1n) is 9.14. The van der Waals surface area contributed by atoms with Gasteiger partial charge in [0, 0.05) is 0 Å². The Morgan fingerprint density at radius 3 is 2.20 bits per heavy atom. The zero-order valence-corrected chi connectivity index (χ0v) is 18.5. The van der Waals surface area contributed by atoms with Crippen LogP contribution in [0.1, 0.15) is 26.3 Å². The van der Waals surface area contributed by atoms with E-state index in [2.05, 4.69) is 36.9 Å². The zero-order chi connectivity index (χ0) is 22.1. The van der Waals surface area contributed by atoms with Crippen molar-refractivity contribution in [1.29, 1.82) is 0 Å². The summed E-state index contributed by atoms with van der Waals surface area (Å²) in [6.45, 7) is 5.85. The summed E-state index contributed by atoms with van der Waals surface area (Å²) in [5.74, 6) is -0.00407. The molecule has 0 aliphatic heterocycles. The van der Waals surface area contributed by atoms with Crippen molar-refractivity contribution in [3.8, 4) is 11.5 Å². The molecule has 7 nitrogen and oxygen atoms in total. The second-order valence-corrected chi connectivity index (χ2v) is 8.15. The van der Waals surface area contributed by atoms with Gasteiger partial charge in [-0.3, -0.25) is 25.8 Å². The smallest absolute Gasteiger partial charge is 0.276 e. The Morgan fingerprint density at radius 2 is 1.57 bits per heavy atom. The molecule has 0 aliphatic carbocycles. The lowest BCUT2D eigenvalue weighted by molar-refractivity contribution is -0.124. The molecule has 0 aliphatic rings. The number of hydrazine groups is 1. The van der Waals surface area contributed by atoms with E-state index < -0.39 is 11.8 Å². The van der Waals surface area contributed by atoms with Crippen LogP contribution in [0.2, 0.25) is 5.02 Å². The number of para-hydroxylation sites is 1. The van der Waals surface area contributed by atoms with Crippen LogP contribution in [0, 0.1) is 0 Å². The molecule has 30 heavy (non-hydrogen) atoms. The van der Waals surface area contributed by atoms with Gasteiger partial charge >= 0.3 is 0 Å². The van der Waals surface area contributed by atoms with Crippen LogP contribution in [0.25, 0.3) is 0 Å². The normalized spacial score (nSPS) is 10.7. The van der Waals surface area contributed by atoms with Gasteiger partial charge in [-0.1, -0.05) is 56.6 Å². The third kappa shape index (κ3) is 7.88. The fourth-order valence-corrected chi connectivity index (χ4v) is 2.62. The molecule has 2 aromatic carbocycles. The SMILES string of the molecule is CC(C)(C)c1ccc(OCC(=O)NC(=S)NNC(=O)COc2ccccc2Cl)cc1. The highest BCUT2D eigenvalue weighted by molar-refractivity contribution is 7.80. The number of rotatable bonds is 6. The number of ether oxygens (including phenoxy) is 2. The van der Waals surface area contributed by atoms with Gasteiger partial charge in [0.15, 0.2) is 18.3 Å². The molecular weight excluding hydrogens is 426 g/mol. The molecule has 0 heterocycles. The van der Waals surface area contributed by atoms with E-state index in [1.807, 2.05) is 24.3 Å².